The summed E-state index contributed by atoms with van der Waals surface area (Å²) in [6.07, 6.45) is -5.06. The van der Waals surface area contributed by atoms with Crippen LogP contribution in [-0.4, -0.2) is 18.2 Å². The van der Waals surface area contributed by atoms with Gasteiger partial charge in [-0.25, -0.2) is 4.79 Å². The van der Waals surface area contributed by atoms with Crippen LogP contribution in [0.3, 0.4) is 0 Å². The van der Waals surface area contributed by atoms with Crippen molar-refractivity contribution in [1.29, 1.82) is 0 Å². The third-order valence-electron chi connectivity index (χ3n) is 2.57. The molecule has 21 heavy (non-hydrogen) atoms. The highest BCUT2D eigenvalue weighted by Gasteiger charge is 2.30. The molecule has 1 aromatic carbocycles. The first-order valence-corrected chi connectivity index (χ1v) is 6.39. The van der Waals surface area contributed by atoms with Gasteiger partial charge in [-0.1, -0.05) is 12.1 Å². The van der Waals surface area contributed by atoms with E-state index >= 15 is 0 Å². The third-order valence-corrected chi connectivity index (χ3v) is 2.57. The number of halogens is 3. The normalized spacial score (nSPS) is 13.7. The second-order valence-corrected chi connectivity index (χ2v) is 5.55. The Morgan fingerprint density at radius 1 is 1.24 bits per heavy atom. The van der Waals surface area contributed by atoms with E-state index in [-0.39, 0.29) is 6.54 Å². The van der Waals surface area contributed by atoms with Crippen LogP contribution in [0.1, 0.15) is 37.9 Å². The van der Waals surface area contributed by atoms with Crippen LogP contribution in [0.15, 0.2) is 24.3 Å². The molecule has 3 N–H and O–H groups in total. The van der Waals surface area contributed by atoms with E-state index in [1.165, 1.54) is 12.1 Å². The Morgan fingerprint density at radius 3 is 2.14 bits per heavy atom. The van der Waals surface area contributed by atoms with Crippen molar-refractivity contribution in [2.45, 2.75) is 38.6 Å². The average Bonchev–Trinajstić information content (AvgIpc) is 2.33. The summed E-state index contributed by atoms with van der Waals surface area (Å²) in [4.78, 5) is 11.7. The highest BCUT2D eigenvalue weighted by Crippen LogP contribution is 2.29. The number of amides is 1. The minimum Gasteiger partial charge on any atom is -0.444 e. The van der Waals surface area contributed by atoms with Crippen LogP contribution in [-0.2, 0) is 10.9 Å². The predicted molar refractivity (Wildman–Crippen MR) is 72.6 cm³/mol. The van der Waals surface area contributed by atoms with Crippen LogP contribution in [0.5, 0.6) is 0 Å². The van der Waals surface area contributed by atoms with E-state index in [4.69, 9.17) is 10.5 Å². The summed E-state index contributed by atoms with van der Waals surface area (Å²) < 4.78 is 42.5. The first-order chi connectivity index (χ1) is 9.53. The molecule has 1 amide bonds. The Morgan fingerprint density at radius 2 is 1.76 bits per heavy atom. The molecule has 7 heteroatoms. The van der Waals surface area contributed by atoms with E-state index in [0.29, 0.717) is 5.56 Å². The van der Waals surface area contributed by atoms with Gasteiger partial charge in [0.05, 0.1) is 11.6 Å². The quantitative estimate of drug-likeness (QED) is 0.901. The minimum absolute atomic E-state index is 0.0462. The lowest BCUT2D eigenvalue weighted by atomic mass is 10.0. The Labute approximate surface area is 121 Å². The minimum atomic E-state index is -4.39. The van der Waals surface area contributed by atoms with E-state index in [2.05, 4.69) is 5.32 Å². The largest absolute Gasteiger partial charge is 0.444 e. The molecule has 4 nitrogen and oxygen atoms in total. The second kappa shape index (κ2) is 6.34. The monoisotopic (exact) mass is 304 g/mol. The molecule has 0 saturated carbocycles. The maximum absolute atomic E-state index is 12.5. The van der Waals surface area contributed by atoms with Crippen LogP contribution in [0.25, 0.3) is 0 Å². The van der Waals surface area contributed by atoms with Gasteiger partial charge >= 0.3 is 12.3 Å². The summed E-state index contributed by atoms with van der Waals surface area (Å²) in [5, 5.41) is 2.53. The van der Waals surface area contributed by atoms with Crippen molar-refractivity contribution < 1.29 is 22.7 Å². The van der Waals surface area contributed by atoms with Gasteiger partial charge < -0.3 is 15.8 Å². The van der Waals surface area contributed by atoms with Gasteiger partial charge in [0.25, 0.3) is 0 Å². The van der Waals surface area contributed by atoms with Gasteiger partial charge in [-0.3, -0.25) is 0 Å². The van der Waals surface area contributed by atoms with Gasteiger partial charge in [0.2, 0.25) is 0 Å². The molecule has 0 aromatic heterocycles. The molecule has 0 heterocycles. The summed E-state index contributed by atoms with van der Waals surface area (Å²) >= 11 is 0. The van der Waals surface area contributed by atoms with Crippen molar-refractivity contribution in [3.8, 4) is 0 Å². The summed E-state index contributed by atoms with van der Waals surface area (Å²) in [6.45, 7) is 5.18. The first-order valence-electron chi connectivity index (χ1n) is 6.39. The molecule has 0 bridgehead atoms. The first kappa shape index (κ1) is 17.3. The van der Waals surface area contributed by atoms with Crippen molar-refractivity contribution in [3.63, 3.8) is 0 Å². The molecule has 1 atom stereocenters. The number of carbonyl (C=O) groups excluding carboxylic acids is 1. The van der Waals surface area contributed by atoms with Crippen molar-refractivity contribution in [3.05, 3.63) is 35.4 Å². The SMILES string of the molecule is CC(C)(C)OC(=O)NC(CN)c1ccc(C(F)(F)F)cc1. The van der Waals surface area contributed by atoms with E-state index in [9.17, 15) is 18.0 Å². The number of nitrogens with one attached hydrogen (secondary N) is 1. The van der Waals surface area contributed by atoms with Gasteiger partial charge in [0.15, 0.2) is 0 Å². The van der Waals surface area contributed by atoms with Crippen LogP contribution < -0.4 is 11.1 Å². The van der Waals surface area contributed by atoms with E-state index < -0.39 is 29.5 Å². The van der Waals surface area contributed by atoms with E-state index in [0.717, 1.165) is 12.1 Å². The molecular formula is C14H19F3N2O2. The molecule has 0 fully saturated rings. The number of benzene rings is 1. The Kier molecular flexibility index (Phi) is 5.22. The van der Waals surface area contributed by atoms with Crippen LogP contribution in [0, 0.1) is 0 Å². The number of hydrogen-bond donors (Lipinski definition) is 2. The lowest BCUT2D eigenvalue weighted by Crippen LogP contribution is -2.37. The number of ether oxygens (including phenoxy) is 1. The molecule has 0 spiro atoms. The predicted octanol–water partition coefficient (Wildman–Crippen LogP) is 3.23. The zero-order valence-electron chi connectivity index (χ0n) is 12.1. The molecule has 118 valence electrons. The maximum atomic E-state index is 12.5. The van der Waals surface area contributed by atoms with Crippen LogP contribution in [0.4, 0.5) is 18.0 Å². The van der Waals surface area contributed by atoms with Crippen LogP contribution in [0.2, 0.25) is 0 Å². The highest BCUT2D eigenvalue weighted by molar-refractivity contribution is 5.68. The molecule has 1 rings (SSSR count). The summed E-state index contributed by atoms with van der Waals surface area (Å²) in [5.74, 6) is 0. The fraction of sp³-hybridized carbons (Fsp3) is 0.500. The van der Waals surface area contributed by atoms with Gasteiger partial charge in [-0.05, 0) is 38.5 Å². The number of nitrogens with two attached hydrogens (primary N) is 1. The maximum Gasteiger partial charge on any atom is 0.416 e. The van der Waals surface area contributed by atoms with Crippen molar-refractivity contribution >= 4 is 6.09 Å². The van der Waals surface area contributed by atoms with Gasteiger partial charge in [-0.15, -0.1) is 0 Å². The second-order valence-electron chi connectivity index (χ2n) is 5.55. The zero-order chi connectivity index (χ0) is 16.3. The van der Waals surface area contributed by atoms with Crippen molar-refractivity contribution in [1.82, 2.24) is 5.32 Å². The number of carbonyl (C=O) groups is 1. The summed E-state index contributed by atoms with van der Waals surface area (Å²) in [5.41, 5.74) is 4.62. The molecular weight excluding hydrogens is 285 g/mol. The highest BCUT2D eigenvalue weighted by atomic mass is 19.4. The zero-order valence-corrected chi connectivity index (χ0v) is 12.1. The number of alkyl halides is 3. The van der Waals surface area contributed by atoms with Crippen molar-refractivity contribution in [2.24, 2.45) is 5.73 Å². The summed E-state index contributed by atoms with van der Waals surface area (Å²) in [7, 11) is 0. The fourth-order valence-corrected chi connectivity index (χ4v) is 1.63. The standard InChI is InChI=1S/C14H19F3N2O2/c1-13(2,3)21-12(20)19-11(8-18)9-4-6-10(7-5-9)14(15,16)17/h4-7,11H,8,18H2,1-3H3,(H,19,20). The Bertz CT molecular complexity index is 478. The smallest absolute Gasteiger partial charge is 0.416 e. The van der Waals surface area contributed by atoms with Gasteiger partial charge in [0, 0.05) is 6.54 Å². The number of hydrogen-bond acceptors (Lipinski definition) is 3. The van der Waals surface area contributed by atoms with E-state index in [1.807, 2.05) is 0 Å². The Hall–Kier alpha value is -1.76. The molecule has 1 unspecified atom stereocenters. The van der Waals surface area contributed by atoms with Gasteiger partial charge in [0.1, 0.15) is 5.60 Å². The molecule has 1 aromatic rings. The molecule has 0 aliphatic carbocycles. The Balaban J connectivity index is 2.79. The lowest BCUT2D eigenvalue weighted by Gasteiger charge is -2.23. The lowest BCUT2D eigenvalue weighted by molar-refractivity contribution is -0.137. The summed E-state index contributed by atoms with van der Waals surface area (Å²) in [6, 6.07) is 3.88. The van der Waals surface area contributed by atoms with Crippen LogP contribution >= 0.6 is 0 Å². The molecule has 0 radical (unpaired) electrons. The van der Waals surface area contributed by atoms with E-state index in [1.54, 1.807) is 20.8 Å². The fourth-order valence-electron chi connectivity index (χ4n) is 1.63. The van der Waals surface area contributed by atoms with Crippen molar-refractivity contribution in [2.75, 3.05) is 6.54 Å². The molecule has 0 saturated heterocycles. The third kappa shape index (κ3) is 5.63. The van der Waals surface area contributed by atoms with Gasteiger partial charge in [-0.2, -0.15) is 13.2 Å². The average molecular weight is 304 g/mol. The number of alkyl carbamates (subject to hydrolysis) is 1. The molecule has 0 aliphatic heterocycles. The number of rotatable bonds is 3. The molecule has 0 aliphatic rings. The topological polar surface area (TPSA) is 64.3 Å².